The van der Waals surface area contributed by atoms with Crippen LogP contribution in [0.25, 0.3) is 0 Å². The van der Waals surface area contributed by atoms with Crippen LogP contribution in [0.3, 0.4) is 0 Å². The Hall–Kier alpha value is -0.650. The van der Waals surface area contributed by atoms with Gasteiger partial charge in [0.1, 0.15) is 0 Å². The van der Waals surface area contributed by atoms with Gasteiger partial charge in [0.15, 0.2) is 0 Å². The van der Waals surface area contributed by atoms with Crippen LogP contribution < -0.4 is 0 Å². The van der Waals surface area contributed by atoms with Gasteiger partial charge >= 0.3 is 5.97 Å². The van der Waals surface area contributed by atoms with Crippen LogP contribution in [0, 0.1) is 0 Å². The number of rotatable bonds is 9. The molecule has 0 bridgehead atoms. The highest BCUT2D eigenvalue weighted by Gasteiger charge is 2.18. The Labute approximate surface area is 104 Å². The second-order valence-corrected chi connectivity index (χ2v) is 4.14. The van der Waals surface area contributed by atoms with E-state index in [1.807, 2.05) is 25.7 Å². The summed E-state index contributed by atoms with van der Waals surface area (Å²) in [4.78, 5) is 13.3. The van der Waals surface area contributed by atoms with E-state index in [1.54, 1.807) is 6.92 Å². The third kappa shape index (κ3) is 8.12. The number of aliphatic hydroxyl groups excluding tert-OH is 1. The number of carbonyl (C=O) groups excluding carboxylic acids is 1. The molecule has 0 aliphatic heterocycles. The standard InChI is InChI=1S/C12H25NO4/c1-5-16-9-11(14)7-13(10(3)4)8-12(15)17-6-2/h10-11,14H,5-9H2,1-4H3. The fraction of sp³-hybridized carbons (Fsp3) is 0.917. The van der Waals surface area contributed by atoms with E-state index in [4.69, 9.17) is 9.47 Å². The Bertz CT molecular complexity index is 209. The molecule has 1 atom stereocenters. The zero-order valence-corrected chi connectivity index (χ0v) is 11.3. The molecule has 102 valence electrons. The molecule has 5 heteroatoms. The average molecular weight is 247 g/mol. The van der Waals surface area contributed by atoms with Gasteiger partial charge in [0.05, 0.1) is 25.9 Å². The molecule has 0 aromatic carbocycles. The second-order valence-electron chi connectivity index (χ2n) is 4.14. The first-order valence-corrected chi connectivity index (χ1v) is 6.16. The van der Waals surface area contributed by atoms with E-state index >= 15 is 0 Å². The van der Waals surface area contributed by atoms with Crippen LogP contribution in [0.4, 0.5) is 0 Å². The van der Waals surface area contributed by atoms with Crippen molar-refractivity contribution in [2.24, 2.45) is 0 Å². The lowest BCUT2D eigenvalue weighted by molar-refractivity contribution is -0.145. The minimum absolute atomic E-state index is 0.177. The van der Waals surface area contributed by atoms with Crippen LogP contribution >= 0.6 is 0 Å². The summed E-state index contributed by atoms with van der Waals surface area (Å²) in [6, 6.07) is 0.177. The number of aliphatic hydroxyl groups is 1. The molecule has 1 unspecified atom stereocenters. The molecule has 0 aromatic heterocycles. The summed E-state index contributed by atoms with van der Waals surface area (Å²) >= 11 is 0. The summed E-state index contributed by atoms with van der Waals surface area (Å²) in [6.45, 7) is 9.49. The summed E-state index contributed by atoms with van der Waals surface area (Å²) in [7, 11) is 0. The van der Waals surface area contributed by atoms with Crippen molar-refractivity contribution in [1.29, 1.82) is 0 Å². The highest BCUT2D eigenvalue weighted by Crippen LogP contribution is 2.01. The zero-order chi connectivity index (χ0) is 13.3. The van der Waals surface area contributed by atoms with Gasteiger partial charge in [-0.15, -0.1) is 0 Å². The van der Waals surface area contributed by atoms with E-state index in [0.717, 1.165) is 0 Å². The highest BCUT2D eigenvalue weighted by molar-refractivity contribution is 5.71. The van der Waals surface area contributed by atoms with E-state index in [2.05, 4.69) is 0 Å². The van der Waals surface area contributed by atoms with E-state index in [1.165, 1.54) is 0 Å². The molecule has 0 heterocycles. The molecule has 0 aliphatic carbocycles. The monoisotopic (exact) mass is 247 g/mol. The van der Waals surface area contributed by atoms with Gasteiger partial charge in [0, 0.05) is 19.2 Å². The first kappa shape index (κ1) is 16.4. The normalized spacial score (nSPS) is 13.1. The van der Waals surface area contributed by atoms with E-state index in [-0.39, 0.29) is 18.6 Å². The molecule has 0 saturated heterocycles. The smallest absolute Gasteiger partial charge is 0.320 e. The van der Waals surface area contributed by atoms with Crippen LogP contribution in [0.5, 0.6) is 0 Å². The van der Waals surface area contributed by atoms with Crippen LogP contribution in [0.15, 0.2) is 0 Å². The lowest BCUT2D eigenvalue weighted by atomic mass is 10.2. The molecule has 0 saturated carbocycles. The van der Waals surface area contributed by atoms with Crippen molar-refractivity contribution in [3.63, 3.8) is 0 Å². The Morgan fingerprint density at radius 3 is 2.41 bits per heavy atom. The van der Waals surface area contributed by atoms with Gasteiger partial charge in [0.2, 0.25) is 0 Å². The fourth-order valence-corrected chi connectivity index (χ4v) is 1.41. The summed E-state index contributed by atoms with van der Waals surface area (Å²) in [6.07, 6.45) is -0.577. The second kappa shape index (κ2) is 9.39. The summed E-state index contributed by atoms with van der Waals surface area (Å²) in [5, 5.41) is 9.72. The maximum atomic E-state index is 11.4. The predicted molar refractivity (Wildman–Crippen MR) is 65.8 cm³/mol. The Morgan fingerprint density at radius 2 is 1.94 bits per heavy atom. The zero-order valence-electron chi connectivity index (χ0n) is 11.3. The number of hydrogen-bond acceptors (Lipinski definition) is 5. The number of hydrogen-bond donors (Lipinski definition) is 1. The minimum atomic E-state index is -0.577. The van der Waals surface area contributed by atoms with Gasteiger partial charge in [-0.05, 0) is 27.7 Å². The maximum absolute atomic E-state index is 11.4. The molecule has 0 rings (SSSR count). The largest absolute Gasteiger partial charge is 0.465 e. The molecule has 0 radical (unpaired) electrons. The SMILES string of the molecule is CCOCC(O)CN(CC(=O)OCC)C(C)C. The number of ether oxygens (including phenoxy) is 2. The van der Waals surface area contributed by atoms with E-state index in [0.29, 0.717) is 26.4 Å². The van der Waals surface area contributed by atoms with Gasteiger partial charge in [-0.1, -0.05) is 0 Å². The minimum Gasteiger partial charge on any atom is -0.465 e. The topological polar surface area (TPSA) is 59.0 Å². The molecule has 0 fully saturated rings. The molecule has 0 aromatic rings. The Morgan fingerprint density at radius 1 is 1.29 bits per heavy atom. The molecule has 0 aliphatic rings. The molecule has 0 spiro atoms. The fourth-order valence-electron chi connectivity index (χ4n) is 1.41. The summed E-state index contributed by atoms with van der Waals surface area (Å²) in [5.74, 6) is -0.259. The lowest BCUT2D eigenvalue weighted by Gasteiger charge is -2.27. The third-order valence-corrected chi connectivity index (χ3v) is 2.33. The number of nitrogens with zero attached hydrogens (tertiary/aromatic N) is 1. The molecule has 17 heavy (non-hydrogen) atoms. The maximum Gasteiger partial charge on any atom is 0.320 e. The Balaban J connectivity index is 4.09. The van der Waals surface area contributed by atoms with Crippen molar-refractivity contribution < 1.29 is 19.4 Å². The van der Waals surface area contributed by atoms with Crippen molar-refractivity contribution >= 4 is 5.97 Å². The molecule has 5 nitrogen and oxygen atoms in total. The average Bonchev–Trinajstić information content (AvgIpc) is 2.25. The van der Waals surface area contributed by atoms with Gasteiger partial charge in [-0.3, -0.25) is 9.69 Å². The quantitative estimate of drug-likeness (QED) is 0.606. The first-order chi connectivity index (χ1) is 8.01. The van der Waals surface area contributed by atoms with Crippen molar-refractivity contribution in [2.45, 2.75) is 39.8 Å². The lowest BCUT2D eigenvalue weighted by Crippen LogP contribution is -2.42. The van der Waals surface area contributed by atoms with E-state index in [9.17, 15) is 9.90 Å². The Kier molecular flexibility index (Phi) is 9.03. The third-order valence-electron chi connectivity index (χ3n) is 2.33. The van der Waals surface area contributed by atoms with Crippen molar-refractivity contribution in [2.75, 3.05) is 32.9 Å². The predicted octanol–water partition coefficient (Wildman–Crippen LogP) is 0.657. The summed E-state index contributed by atoms with van der Waals surface area (Å²) in [5.41, 5.74) is 0. The van der Waals surface area contributed by atoms with Crippen molar-refractivity contribution in [3.8, 4) is 0 Å². The molecule has 1 N–H and O–H groups in total. The van der Waals surface area contributed by atoms with Crippen LogP contribution in [-0.4, -0.2) is 61.0 Å². The molecular weight excluding hydrogens is 222 g/mol. The number of carbonyl (C=O) groups is 1. The van der Waals surface area contributed by atoms with Crippen LogP contribution in [0.2, 0.25) is 0 Å². The molecule has 0 amide bonds. The highest BCUT2D eigenvalue weighted by atomic mass is 16.5. The van der Waals surface area contributed by atoms with Crippen LogP contribution in [-0.2, 0) is 14.3 Å². The molecular formula is C12H25NO4. The van der Waals surface area contributed by atoms with Gasteiger partial charge in [0.25, 0.3) is 0 Å². The van der Waals surface area contributed by atoms with E-state index < -0.39 is 6.10 Å². The first-order valence-electron chi connectivity index (χ1n) is 6.16. The summed E-state index contributed by atoms with van der Waals surface area (Å²) < 4.78 is 10.0. The van der Waals surface area contributed by atoms with Crippen molar-refractivity contribution in [3.05, 3.63) is 0 Å². The van der Waals surface area contributed by atoms with Crippen molar-refractivity contribution in [1.82, 2.24) is 4.90 Å². The van der Waals surface area contributed by atoms with Gasteiger partial charge < -0.3 is 14.6 Å². The number of esters is 1. The van der Waals surface area contributed by atoms with Crippen LogP contribution in [0.1, 0.15) is 27.7 Å². The van der Waals surface area contributed by atoms with Gasteiger partial charge in [-0.2, -0.15) is 0 Å². The van der Waals surface area contributed by atoms with Gasteiger partial charge in [-0.25, -0.2) is 0 Å².